The second-order valence-corrected chi connectivity index (χ2v) is 12.9. The fraction of sp³-hybridized carbons (Fsp3) is 0.552. The molecule has 2 fully saturated rings. The van der Waals surface area contributed by atoms with E-state index in [-0.39, 0.29) is 24.9 Å². The number of carbonyl (C=O) groups excluding carboxylic acids is 1. The lowest BCUT2D eigenvalue weighted by Gasteiger charge is -2.30. The summed E-state index contributed by atoms with van der Waals surface area (Å²) >= 11 is 0. The van der Waals surface area contributed by atoms with Gasteiger partial charge in [-0.05, 0) is 92.9 Å². The Labute approximate surface area is 228 Å². The number of nitrogens with zero attached hydrogens (tertiary/aromatic N) is 2. The first kappa shape index (κ1) is 28.1. The zero-order valence-corrected chi connectivity index (χ0v) is 22.9. The lowest BCUT2D eigenvalue weighted by atomic mass is 9.86. The molecule has 1 aliphatic carbocycles. The summed E-state index contributed by atoms with van der Waals surface area (Å²) in [5, 5.41) is 3.12. The van der Waals surface area contributed by atoms with E-state index in [1.165, 1.54) is 40.8 Å². The van der Waals surface area contributed by atoms with Crippen LogP contribution < -0.4 is 5.32 Å². The van der Waals surface area contributed by atoms with Gasteiger partial charge in [0.15, 0.2) is 0 Å². The van der Waals surface area contributed by atoms with E-state index in [0.29, 0.717) is 18.9 Å². The Bertz CT molecular complexity index is 1290. The SMILES string of the molecule is O=C(C[C@@H]1CCCN1S(=O)(=O)c1cccc(C(F)(F)F)c1)N[C@@H]1CCCc2cc(CN3CCCCC3)ccc21. The number of carbonyl (C=O) groups is 1. The third kappa shape index (κ3) is 6.49. The summed E-state index contributed by atoms with van der Waals surface area (Å²) in [6, 6.07) is 9.64. The van der Waals surface area contributed by atoms with Gasteiger partial charge < -0.3 is 5.32 Å². The van der Waals surface area contributed by atoms with Gasteiger partial charge in [-0.15, -0.1) is 0 Å². The summed E-state index contributed by atoms with van der Waals surface area (Å²) in [6.45, 7) is 3.40. The van der Waals surface area contributed by atoms with Crippen LogP contribution >= 0.6 is 0 Å². The summed E-state index contributed by atoms with van der Waals surface area (Å²) in [7, 11) is -4.17. The van der Waals surface area contributed by atoms with Crippen molar-refractivity contribution in [3.63, 3.8) is 0 Å². The fourth-order valence-corrected chi connectivity index (χ4v) is 8.00. The van der Waals surface area contributed by atoms with Crippen LogP contribution in [-0.2, 0) is 34.0 Å². The summed E-state index contributed by atoms with van der Waals surface area (Å²) in [6.07, 6.45) is 2.95. The van der Waals surface area contributed by atoms with Crippen molar-refractivity contribution in [2.24, 2.45) is 0 Å². The Morgan fingerprint density at radius 2 is 1.74 bits per heavy atom. The molecule has 3 aliphatic rings. The molecule has 2 heterocycles. The molecule has 1 N–H and O–H groups in total. The molecular formula is C29H36F3N3O3S. The van der Waals surface area contributed by atoms with E-state index in [9.17, 15) is 26.4 Å². The normalized spacial score (nSPS) is 22.9. The molecule has 0 radical (unpaired) electrons. The predicted octanol–water partition coefficient (Wildman–Crippen LogP) is 5.43. The van der Waals surface area contributed by atoms with E-state index in [0.717, 1.165) is 56.6 Å². The lowest BCUT2D eigenvalue weighted by Crippen LogP contribution is -2.40. The average Bonchev–Trinajstić information content (AvgIpc) is 3.38. The number of fused-ring (bicyclic) bond motifs is 1. The molecule has 2 saturated heterocycles. The highest BCUT2D eigenvalue weighted by Crippen LogP contribution is 2.34. The number of rotatable bonds is 7. The summed E-state index contributed by atoms with van der Waals surface area (Å²) < 4.78 is 67.2. The quantitative estimate of drug-likeness (QED) is 0.488. The zero-order chi connectivity index (χ0) is 27.6. The van der Waals surface area contributed by atoms with Crippen LogP contribution in [0, 0.1) is 0 Å². The Kier molecular flexibility index (Phi) is 8.35. The smallest absolute Gasteiger partial charge is 0.349 e. The van der Waals surface area contributed by atoms with Gasteiger partial charge in [0.05, 0.1) is 16.5 Å². The zero-order valence-electron chi connectivity index (χ0n) is 22.0. The topological polar surface area (TPSA) is 69.7 Å². The van der Waals surface area contributed by atoms with Crippen LogP contribution in [0.3, 0.4) is 0 Å². The number of sulfonamides is 1. The highest BCUT2D eigenvalue weighted by Gasteiger charge is 2.38. The third-order valence-electron chi connectivity index (χ3n) is 8.22. The minimum Gasteiger partial charge on any atom is -0.349 e. The molecule has 0 bridgehead atoms. The number of aryl methyl sites for hydroxylation is 1. The maximum Gasteiger partial charge on any atom is 0.416 e. The van der Waals surface area contributed by atoms with Crippen LogP contribution in [0.5, 0.6) is 0 Å². The Hall–Kier alpha value is -2.43. The van der Waals surface area contributed by atoms with Crippen LogP contribution in [-0.4, -0.2) is 49.2 Å². The molecule has 2 aliphatic heterocycles. The number of nitrogens with one attached hydrogen (secondary N) is 1. The number of hydrogen-bond acceptors (Lipinski definition) is 4. The van der Waals surface area contributed by atoms with Gasteiger partial charge in [-0.2, -0.15) is 17.5 Å². The number of amides is 1. The first-order valence-electron chi connectivity index (χ1n) is 13.9. The predicted molar refractivity (Wildman–Crippen MR) is 142 cm³/mol. The number of alkyl halides is 3. The minimum atomic E-state index is -4.64. The maximum absolute atomic E-state index is 13.3. The molecule has 212 valence electrons. The van der Waals surface area contributed by atoms with Gasteiger partial charge >= 0.3 is 6.18 Å². The molecule has 39 heavy (non-hydrogen) atoms. The monoisotopic (exact) mass is 563 g/mol. The van der Waals surface area contributed by atoms with Gasteiger partial charge in [0.25, 0.3) is 0 Å². The van der Waals surface area contributed by atoms with Crippen molar-refractivity contribution in [3.05, 3.63) is 64.7 Å². The second-order valence-electron chi connectivity index (χ2n) is 11.0. The van der Waals surface area contributed by atoms with Crippen LogP contribution in [0.15, 0.2) is 47.4 Å². The molecule has 2 aromatic rings. The highest BCUT2D eigenvalue weighted by molar-refractivity contribution is 7.89. The highest BCUT2D eigenvalue weighted by atomic mass is 32.2. The first-order valence-corrected chi connectivity index (χ1v) is 15.4. The van der Waals surface area contributed by atoms with E-state index in [2.05, 4.69) is 28.4 Å². The Balaban J connectivity index is 1.24. The van der Waals surface area contributed by atoms with Gasteiger partial charge in [0.2, 0.25) is 15.9 Å². The first-order chi connectivity index (χ1) is 18.6. The maximum atomic E-state index is 13.3. The molecule has 0 saturated carbocycles. The number of hydrogen-bond donors (Lipinski definition) is 1. The van der Waals surface area contributed by atoms with Crippen molar-refractivity contribution < 1.29 is 26.4 Å². The third-order valence-corrected chi connectivity index (χ3v) is 10.2. The van der Waals surface area contributed by atoms with Gasteiger partial charge in [-0.1, -0.05) is 30.7 Å². The molecule has 0 unspecified atom stereocenters. The standard InChI is InChI=1S/C29H36F3N3O3S/c30-29(31,32)23-8-5-10-25(18-23)39(37,38)35-16-6-9-24(35)19-28(36)33-27-11-4-7-22-17-21(12-13-26(22)27)20-34-14-2-1-3-15-34/h5,8,10,12-13,17-18,24,27H,1-4,6-7,9,11,14-16,19-20H2,(H,33,36)/t24-,27+/m0/s1. The molecular weight excluding hydrogens is 527 g/mol. The van der Waals surface area contributed by atoms with E-state index >= 15 is 0 Å². The van der Waals surface area contributed by atoms with Gasteiger partial charge in [-0.25, -0.2) is 8.42 Å². The van der Waals surface area contributed by atoms with Crippen LogP contribution in [0.25, 0.3) is 0 Å². The second kappa shape index (κ2) is 11.6. The number of halogens is 3. The van der Waals surface area contributed by atoms with E-state index in [1.807, 2.05) is 0 Å². The van der Waals surface area contributed by atoms with Crippen molar-refractivity contribution in [2.75, 3.05) is 19.6 Å². The van der Waals surface area contributed by atoms with E-state index in [4.69, 9.17) is 0 Å². The summed E-state index contributed by atoms with van der Waals surface area (Å²) in [4.78, 5) is 15.2. The summed E-state index contributed by atoms with van der Waals surface area (Å²) in [5.74, 6) is -0.235. The van der Waals surface area contributed by atoms with Crippen LogP contribution in [0.1, 0.15) is 79.7 Å². The molecule has 6 nitrogen and oxygen atoms in total. The molecule has 1 amide bonds. The van der Waals surface area contributed by atoms with Gasteiger partial charge in [0, 0.05) is 25.6 Å². The van der Waals surface area contributed by atoms with Gasteiger partial charge in [-0.3, -0.25) is 9.69 Å². The average molecular weight is 564 g/mol. The Morgan fingerprint density at radius 3 is 2.51 bits per heavy atom. The van der Waals surface area contributed by atoms with E-state index < -0.39 is 32.7 Å². The van der Waals surface area contributed by atoms with E-state index in [1.54, 1.807) is 0 Å². The molecule has 0 aromatic heterocycles. The van der Waals surface area contributed by atoms with Crippen molar-refractivity contribution in [1.29, 1.82) is 0 Å². The van der Waals surface area contributed by atoms with Crippen molar-refractivity contribution in [1.82, 2.24) is 14.5 Å². The number of benzene rings is 2. The molecule has 5 rings (SSSR count). The molecule has 10 heteroatoms. The van der Waals surface area contributed by atoms with Crippen LogP contribution in [0.2, 0.25) is 0 Å². The molecule has 0 spiro atoms. The van der Waals surface area contributed by atoms with Crippen molar-refractivity contribution in [3.8, 4) is 0 Å². The Morgan fingerprint density at radius 1 is 0.949 bits per heavy atom. The summed E-state index contributed by atoms with van der Waals surface area (Å²) in [5.41, 5.74) is 2.67. The van der Waals surface area contributed by atoms with Gasteiger partial charge in [0.1, 0.15) is 0 Å². The molecule has 2 atom stereocenters. The minimum absolute atomic E-state index is 0.0168. The fourth-order valence-electron chi connectivity index (χ4n) is 6.26. The number of piperidine rings is 1. The van der Waals surface area contributed by atoms with Crippen molar-refractivity contribution >= 4 is 15.9 Å². The van der Waals surface area contributed by atoms with Crippen molar-refractivity contribution in [2.45, 2.75) is 87.5 Å². The van der Waals surface area contributed by atoms with Crippen LogP contribution in [0.4, 0.5) is 13.2 Å². The largest absolute Gasteiger partial charge is 0.416 e. The lowest BCUT2D eigenvalue weighted by molar-refractivity contribution is -0.137. The number of likely N-dealkylation sites (tertiary alicyclic amines) is 1. The molecule has 2 aromatic carbocycles.